The van der Waals surface area contributed by atoms with Crippen molar-refractivity contribution in [3.63, 3.8) is 0 Å². The summed E-state index contributed by atoms with van der Waals surface area (Å²) in [6.07, 6.45) is 2.68. The number of nitrogens with one attached hydrogen (secondary N) is 1. The van der Waals surface area contributed by atoms with Crippen LogP contribution in [0, 0.1) is 29.6 Å². The quantitative estimate of drug-likeness (QED) is 0.324. The van der Waals surface area contributed by atoms with Gasteiger partial charge in [0.2, 0.25) is 11.8 Å². The first-order valence-corrected chi connectivity index (χ1v) is 18.7. The molecule has 5 amide bonds. The maximum Gasteiger partial charge on any atom is 0.262 e. The van der Waals surface area contributed by atoms with Gasteiger partial charge in [-0.3, -0.25) is 39.1 Å². The molecule has 1 aliphatic carbocycles. The zero-order valence-corrected chi connectivity index (χ0v) is 30.7. The van der Waals surface area contributed by atoms with E-state index in [-0.39, 0.29) is 36.4 Å². The van der Waals surface area contributed by atoms with Crippen LogP contribution in [0.5, 0.6) is 11.5 Å². The molecule has 4 heterocycles. The van der Waals surface area contributed by atoms with E-state index in [1.54, 1.807) is 18.2 Å². The lowest BCUT2D eigenvalue weighted by Gasteiger charge is -2.50. The molecule has 12 nitrogen and oxygen atoms in total. The molecule has 3 aromatic carbocycles. The first-order valence-electron chi connectivity index (χ1n) is 18.7. The normalized spacial score (nSPS) is 23.7. The summed E-state index contributed by atoms with van der Waals surface area (Å²) in [5.74, 6) is -0.0793. The number of hydrogen-bond donors (Lipinski definition) is 1. The van der Waals surface area contributed by atoms with E-state index in [9.17, 15) is 29.2 Å². The minimum Gasteiger partial charge on any atom is -0.490 e. The second kappa shape index (κ2) is 13.7. The number of nitrogens with zero attached hydrogens (tertiary/aromatic N) is 4. The lowest BCUT2D eigenvalue weighted by atomic mass is 9.66. The van der Waals surface area contributed by atoms with Crippen molar-refractivity contribution in [1.29, 1.82) is 5.26 Å². The van der Waals surface area contributed by atoms with Gasteiger partial charge in [-0.2, -0.15) is 5.26 Å². The fourth-order valence-electron chi connectivity index (χ4n) is 8.52. The lowest BCUT2D eigenvalue weighted by molar-refractivity contribution is -0.136. The number of aryl methyl sites for hydroxylation is 1. The van der Waals surface area contributed by atoms with Crippen molar-refractivity contribution in [2.45, 2.75) is 84.2 Å². The molecule has 0 aromatic heterocycles. The number of carbonyl (C=O) groups excluding carboxylic acids is 5. The Morgan fingerprint density at radius 2 is 1.48 bits per heavy atom. The van der Waals surface area contributed by atoms with E-state index in [0.717, 1.165) is 53.1 Å². The van der Waals surface area contributed by atoms with E-state index in [1.165, 1.54) is 0 Å². The van der Waals surface area contributed by atoms with E-state index in [2.05, 4.69) is 30.1 Å². The number of carbonyl (C=O) groups is 5. The number of benzene rings is 3. The molecule has 8 rings (SSSR count). The number of hydrogen-bond acceptors (Lipinski definition) is 9. The Balaban J connectivity index is 0.802. The first kappa shape index (κ1) is 35.5. The van der Waals surface area contributed by atoms with Crippen LogP contribution in [0.2, 0.25) is 0 Å². The average molecular weight is 730 g/mol. The summed E-state index contributed by atoms with van der Waals surface area (Å²) in [6, 6.07) is 17.7. The highest BCUT2D eigenvalue weighted by molar-refractivity contribution is 6.23. The van der Waals surface area contributed by atoms with E-state index in [1.807, 2.05) is 48.2 Å². The Kier molecular flexibility index (Phi) is 9.01. The van der Waals surface area contributed by atoms with Gasteiger partial charge in [0.1, 0.15) is 29.7 Å². The van der Waals surface area contributed by atoms with Crippen LogP contribution >= 0.6 is 0 Å². The van der Waals surface area contributed by atoms with Gasteiger partial charge in [-0.25, -0.2) is 0 Å². The molecule has 3 atom stereocenters. The number of ether oxygens (including phenoxy) is 2. The highest BCUT2D eigenvalue weighted by atomic mass is 16.5. The Bertz CT molecular complexity index is 2070. The minimum absolute atomic E-state index is 0.0129. The molecule has 4 aliphatic heterocycles. The molecule has 3 aromatic rings. The number of amides is 5. The van der Waals surface area contributed by atoms with Gasteiger partial charge in [0, 0.05) is 56.5 Å². The average Bonchev–Trinajstić information content (AvgIpc) is 3.66. The molecule has 1 N–H and O–H groups in total. The van der Waals surface area contributed by atoms with Crippen molar-refractivity contribution in [3.05, 3.63) is 93.5 Å². The zero-order valence-electron chi connectivity index (χ0n) is 30.7. The molecular weight excluding hydrogens is 686 g/mol. The Hall–Kier alpha value is -5.54. The molecule has 12 heteroatoms. The van der Waals surface area contributed by atoms with Gasteiger partial charge in [-0.05, 0) is 103 Å². The summed E-state index contributed by atoms with van der Waals surface area (Å²) in [4.78, 5) is 69.3. The first-order chi connectivity index (χ1) is 25.9. The van der Waals surface area contributed by atoms with Crippen molar-refractivity contribution in [2.24, 2.45) is 11.3 Å². The third-order valence-corrected chi connectivity index (χ3v) is 12.0. The minimum atomic E-state index is -0.973. The molecular formula is C42H43N5O7. The molecule has 1 unspecified atom stereocenters. The zero-order chi connectivity index (χ0) is 37.9. The Labute approximate surface area is 314 Å². The Morgan fingerprint density at radius 1 is 0.870 bits per heavy atom. The number of fused-ring (bicyclic) bond motifs is 2. The van der Waals surface area contributed by atoms with Crippen molar-refractivity contribution >= 4 is 29.5 Å². The number of piperidine rings is 2. The smallest absolute Gasteiger partial charge is 0.262 e. The lowest BCUT2D eigenvalue weighted by Crippen LogP contribution is -2.58. The fraction of sp³-hybridized carbons (Fsp3) is 0.429. The summed E-state index contributed by atoms with van der Waals surface area (Å²) in [5.41, 5.74) is 4.59. The van der Waals surface area contributed by atoms with E-state index in [0.29, 0.717) is 60.1 Å². The molecule has 5 aliphatic rings. The summed E-state index contributed by atoms with van der Waals surface area (Å²) >= 11 is 0. The molecule has 0 radical (unpaired) electrons. The predicted molar refractivity (Wildman–Crippen MR) is 195 cm³/mol. The van der Waals surface area contributed by atoms with Gasteiger partial charge in [0.05, 0.1) is 22.8 Å². The monoisotopic (exact) mass is 729 g/mol. The van der Waals surface area contributed by atoms with Crippen LogP contribution in [0.3, 0.4) is 0 Å². The van der Waals surface area contributed by atoms with Crippen LogP contribution in [0.15, 0.2) is 54.6 Å². The maximum absolute atomic E-state index is 13.4. The van der Waals surface area contributed by atoms with Crippen molar-refractivity contribution in [3.8, 4) is 17.6 Å². The molecule has 278 valence electrons. The molecule has 0 bridgehead atoms. The predicted octanol–water partition coefficient (Wildman–Crippen LogP) is 4.76. The van der Waals surface area contributed by atoms with E-state index < -0.39 is 29.7 Å². The summed E-state index contributed by atoms with van der Waals surface area (Å²) in [5, 5.41) is 11.4. The van der Waals surface area contributed by atoms with Gasteiger partial charge in [-0.15, -0.1) is 0 Å². The van der Waals surface area contributed by atoms with Crippen LogP contribution in [0.4, 0.5) is 0 Å². The highest BCUT2D eigenvalue weighted by Crippen LogP contribution is 2.45. The molecule has 0 spiro atoms. The third-order valence-electron chi connectivity index (χ3n) is 12.0. The number of likely N-dealkylation sites (tertiary alicyclic amines) is 1. The highest BCUT2D eigenvalue weighted by Gasteiger charge is 2.52. The van der Waals surface area contributed by atoms with Gasteiger partial charge in [-0.1, -0.05) is 13.8 Å². The summed E-state index contributed by atoms with van der Waals surface area (Å²) < 4.78 is 12.6. The van der Waals surface area contributed by atoms with Gasteiger partial charge >= 0.3 is 0 Å². The third kappa shape index (κ3) is 6.40. The van der Waals surface area contributed by atoms with Crippen molar-refractivity contribution < 1.29 is 33.4 Å². The summed E-state index contributed by atoms with van der Waals surface area (Å²) in [7, 11) is 0. The van der Waals surface area contributed by atoms with Crippen LogP contribution in [0.1, 0.15) is 99.3 Å². The summed E-state index contributed by atoms with van der Waals surface area (Å²) in [6.45, 7) is 9.69. The van der Waals surface area contributed by atoms with Gasteiger partial charge in [0.25, 0.3) is 17.7 Å². The molecule has 54 heavy (non-hydrogen) atoms. The molecule has 2 saturated heterocycles. The second-order valence-electron chi connectivity index (χ2n) is 15.9. The standard InChI is InChI=1S/C42H43N5O7/c1-24-16-31(9-6-27(24)20-43)54-36-19-35(42(36,2)3)53-30-7-4-26(5-8-30)39(50)46-14-12-25(13-15-46)21-45-22-28-17-32-33(18-29(28)23-45)41(52)47(40(32)51)34-10-11-37(48)44-38(34)49/h4-9,16-18,25,34-36H,10-15,19,21-23H2,1-3H3,(H,44,48,49)/t34?,35-,36-/m0/s1. The van der Waals surface area contributed by atoms with Gasteiger partial charge in [0.15, 0.2) is 0 Å². The fourth-order valence-corrected chi connectivity index (χ4v) is 8.52. The van der Waals surface area contributed by atoms with Crippen LogP contribution in [-0.4, -0.2) is 82.1 Å². The number of rotatable bonds is 8. The Morgan fingerprint density at radius 3 is 2.06 bits per heavy atom. The molecule has 1 saturated carbocycles. The topological polar surface area (TPSA) is 149 Å². The van der Waals surface area contributed by atoms with Crippen molar-refractivity contribution in [1.82, 2.24) is 20.0 Å². The van der Waals surface area contributed by atoms with Crippen LogP contribution < -0.4 is 14.8 Å². The SMILES string of the molecule is Cc1cc(O[C@H]2C[C@H](Oc3ccc(C(=O)N4CCC(CN5Cc6cc7c(cc6C5)C(=O)N(C5CCC(=O)NC5=O)C7=O)CC4)cc3)C2(C)C)ccc1C#N. The largest absolute Gasteiger partial charge is 0.490 e. The van der Waals surface area contributed by atoms with Crippen molar-refractivity contribution in [2.75, 3.05) is 19.6 Å². The van der Waals surface area contributed by atoms with E-state index in [4.69, 9.17) is 9.47 Å². The van der Waals surface area contributed by atoms with E-state index >= 15 is 0 Å². The second-order valence-corrected chi connectivity index (χ2v) is 15.9. The number of nitriles is 1. The van der Waals surface area contributed by atoms with Gasteiger partial charge < -0.3 is 14.4 Å². The number of imide groups is 2. The molecule has 3 fully saturated rings. The van der Waals surface area contributed by atoms with Crippen LogP contribution in [0.25, 0.3) is 0 Å². The maximum atomic E-state index is 13.4. The van der Waals surface area contributed by atoms with Crippen LogP contribution in [-0.2, 0) is 22.7 Å².